The van der Waals surface area contributed by atoms with E-state index < -0.39 is 0 Å². The average Bonchev–Trinajstić information content (AvgIpc) is 3.20. The number of likely N-dealkylation sites (tertiary alicyclic amines) is 1. The normalized spacial score (nSPS) is 15.0. The number of piperidine rings is 1. The highest BCUT2D eigenvalue weighted by Crippen LogP contribution is 2.33. The van der Waals surface area contributed by atoms with Gasteiger partial charge < -0.3 is 10.2 Å². The Balaban J connectivity index is 1.71. The Bertz CT molecular complexity index is 870. The molecule has 0 radical (unpaired) electrons. The van der Waals surface area contributed by atoms with Crippen LogP contribution in [0.3, 0.4) is 0 Å². The van der Waals surface area contributed by atoms with Crippen molar-refractivity contribution in [3.63, 3.8) is 0 Å². The Labute approximate surface area is 197 Å². The van der Waals surface area contributed by atoms with E-state index in [0.717, 1.165) is 34.9 Å². The lowest BCUT2D eigenvalue weighted by molar-refractivity contribution is 0.102. The number of amides is 1. The summed E-state index contributed by atoms with van der Waals surface area (Å²) in [5, 5.41) is 16.1. The molecule has 0 unspecified atom stereocenters. The number of anilines is 2. The minimum absolute atomic E-state index is 0.0938. The predicted molar refractivity (Wildman–Crippen MR) is 135 cm³/mol. The third kappa shape index (κ3) is 6.29. The minimum atomic E-state index is -0.0938. The Morgan fingerprint density at radius 1 is 0.938 bits per heavy atom. The van der Waals surface area contributed by atoms with Gasteiger partial charge in [0.1, 0.15) is 0 Å². The number of aromatic nitrogens is 2. The highest BCUT2D eigenvalue weighted by Gasteiger charge is 2.23. The topological polar surface area (TPSA) is 70.1 Å². The Hall–Kier alpha value is -1.99. The van der Waals surface area contributed by atoms with Crippen molar-refractivity contribution in [3.05, 3.63) is 34.4 Å². The zero-order valence-corrected chi connectivity index (χ0v) is 21.3. The molecule has 0 bridgehead atoms. The zero-order chi connectivity index (χ0) is 23.3. The molecule has 2 N–H and O–H groups in total. The first-order valence-corrected chi connectivity index (χ1v) is 12.9. The van der Waals surface area contributed by atoms with Gasteiger partial charge in [-0.25, -0.2) is 0 Å². The quantitative estimate of drug-likeness (QED) is 0.479. The molecule has 1 aromatic carbocycles. The van der Waals surface area contributed by atoms with Crippen molar-refractivity contribution in [3.8, 4) is 0 Å². The largest absolute Gasteiger partial charge is 0.359 e. The molecule has 0 atom stereocenters. The maximum Gasteiger partial charge on any atom is 0.258 e. The number of nitrogens with one attached hydrogen (secondary N) is 2. The lowest BCUT2D eigenvalue weighted by Crippen LogP contribution is -2.33. The van der Waals surface area contributed by atoms with E-state index in [1.807, 2.05) is 0 Å². The minimum Gasteiger partial charge on any atom is -0.359 e. The van der Waals surface area contributed by atoms with E-state index in [1.54, 1.807) is 0 Å². The highest BCUT2D eigenvalue weighted by molar-refractivity contribution is 7.19. The number of hydrogen-bond donors (Lipinski definition) is 2. The Kier molecular flexibility index (Phi) is 8.65. The van der Waals surface area contributed by atoms with E-state index in [9.17, 15) is 4.79 Å². The van der Waals surface area contributed by atoms with E-state index >= 15 is 0 Å². The Morgan fingerprint density at radius 2 is 1.53 bits per heavy atom. The first-order chi connectivity index (χ1) is 15.3. The number of hydrogen-bond acceptors (Lipinski definition) is 6. The van der Waals surface area contributed by atoms with Crippen LogP contribution in [0, 0.1) is 0 Å². The van der Waals surface area contributed by atoms with E-state index in [-0.39, 0.29) is 17.7 Å². The van der Waals surface area contributed by atoms with Crippen LogP contribution in [-0.2, 0) is 0 Å². The van der Waals surface area contributed by atoms with Crippen LogP contribution in [0.5, 0.6) is 0 Å². The number of nitrogens with zero attached hydrogens (tertiary/aromatic N) is 3. The van der Waals surface area contributed by atoms with Crippen molar-refractivity contribution >= 4 is 27.5 Å². The van der Waals surface area contributed by atoms with Gasteiger partial charge in [0.05, 0.1) is 0 Å². The molecule has 1 amide bonds. The third-order valence-corrected chi connectivity index (χ3v) is 6.95. The number of carbonyl (C=O) groups is 1. The smallest absolute Gasteiger partial charge is 0.258 e. The van der Waals surface area contributed by atoms with Crippen LogP contribution >= 0.6 is 11.3 Å². The number of rotatable bonds is 9. The fraction of sp³-hybridized carbons (Fsp3) is 0.640. The SMILES string of the molecule is CC(C)c1cc(C(C)C)c(C(=O)Nc2nnc(NCCN3CCCCC3)s2)c(C(C)C)c1. The maximum atomic E-state index is 13.4. The fourth-order valence-electron chi connectivity index (χ4n) is 4.23. The van der Waals surface area contributed by atoms with E-state index in [2.05, 4.69) is 79.4 Å². The summed E-state index contributed by atoms with van der Waals surface area (Å²) in [6.07, 6.45) is 3.94. The second kappa shape index (κ2) is 11.2. The van der Waals surface area contributed by atoms with Gasteiger partial charge in [-0.15, -0.1) is 10.2 Å². The maximum absolute atomic E-state index is 13.4. The second-order valence-electron chi connectivity index (χ2n) is 9.73. The van der Waals surface area contributed by atoms with E-state index in [1.165, 1.54) is 49.3 Å². The van der Waals surface area contributed by atoms with Gasteiger partial charge in [0.15, 0.2) is 0 Å². The summed E-state index contributed by atoms with van der Waals surface area (Å²) in [5.74, 6) is 0.842. The molecule has 1 aromatic heterocycles. The van der Waals surface area contributed by atoms with Gasteiger partial charge in [-0.3, -0.25) is 10.1 Å². The molecule has 0 aliphatic carbocycles. The lowest BCUT2D eigenvalue weighted by Gasteiger charge is -2.26. The first-order valence-electron chi connectivity index (χ1n) is 12.0. The third-order valence-electron chi connectivity index (χ3n) is 6.16. The molecule has 1 aliphatic rings. The van der Waals surface area contributed by atoms with Crippen LogP contribution in [0.25, 0.3) is 0 Å². The van der Waals surface area contributed by atoms with Crippen LogP contribution in [0.15, 0.2) is 12.1 Å². The van der Waals surface area contributed by atoms with Crippen molar-refractivity contribution in [2.75, 3.05) is 36.8 Å². The Morgan fingerprint density at radius 3 is 2.09 bits per heavy atom. The second-order valence-corrected chi connectivity index (χ2v) is 10.7. The zero-order valence-electron chi connectivity index (χ0n) is 20.5. The van der Waals surface area contributed by atoms with Crippen LogP contribution in [0.2, 0.25) is 0 Å². The summed E-state index contributed by atoms with van der Waals surface area (Å²) in [5.41, 5.74) is 4.27. The van der Waals surface area contributed by atoms with Crippen molar-refractivity contribution in [1.82, 2.24) is 15.1 Å². The van der Waals surface area contributed by atoms with Crippen LogP contribution in [-0.4, -0.2) is 47.2 Å². The summed E-state index contributed by atoms with van der Waals surface area (Å²) in [7, 11) is 0. The van der Waals surface area contributed by atoms with Crippen molar-refractivity contribution in [1.29, 1.82) is 0 Å². The van der Waals surface area contributed by atoms with Crippen molar-refractivity contribution in [2.24, 2.45) is 0 Å². The molecule has 7 heteroatoms. The molecule has 1 aliphatic heterocycles. The van der Waals surface area contributed by atoms with Crippen LogP contribution < -0.4 is 10.6 Å². The van der Waals surface area contributed by atoms with Crippen molar-refractivity contribution in [2.45, 2.75) is 78.6 Å². The average molecular weight is 458 g/mol. The van der Waals surface area contributed by atoms with E-state index in [0.29, 0.717) is 11.0 Å². The van der Waals surface area contributed by atoms with E-state index in [4.69, 9.17) is 0 Å². The summed E-state index contributed by atoms with van der Waals surface area (Å²) < 4.78 is 0. The van der Waals surface area contributed by atoms with Gasteiger partial charge in [0.25, 0.3) is 5.91 Å². The molecule has 176 valence electrons. The van der Waals surface area contributed by atoms with Crippen LogP contribution in [0.1, 0.15) is 106 Å². The predicted octanol–water partition coefficient (Wildman–Crippen LogP) is 6.06. The molecule has 1 saturated heterocycles. The van der Waals surface area contributed by atoms with Gasteiger partial charge >= 0.3 is 0 Å². The lowest BCUT2D eigenvalue weighted by atomic mass is 9.84. The molecule has 2 heterocycles. The van der Waals surface area contributed by atoms with Gasteiger partial charge in [-0.1, -0.05) is 71.4 Å². The fourth-order valence-corrected chi connectivity index (χ4v) is 4.89. The summed E-state index contributed by atoms with van der Waals surface area (Å²) in [4.78, 5) is 15.9. The molecular formula is C25H39N5OS. The standard InChI is InChI=1S/C25H39N5OS/c1-16(2)19-14-20(17(3)4)22(21(15-19)18(5)6)23(31)27-25-29-28-24(32-25)26-10-13-30-11-8-7-9-12-30/h14-18H,7-13H2,1-6H3,(H,26,28)(H,27,29,31). The number of carbonyl (C=O) groups excluding carboxylic acids is 1. The van der Waals surface area contributed by atoms with Crippen LogP contribution in [0.4, 0.5) is 10.3 Å². The molecule has 3 rings (SSSR count). The van der Waals surface area contributed by atoms with Gasteiger partial charge in [0.2, 0.25) is 10.3 Å². The monoisotopic (exact) mass is 457 g/mol. The van der Waals surface area contributed by atoms with Gasteiger partial charge in [-0.05, 0) is 60.4 Å². The molecule has 1 fully saturated rings. The molecule has 0 spiro atoms. The summed E-state index contributed by atoms with van der Waals surface area (Å²) in [6, 6.07) is 4.40. The highest BCUT2D eigenvalue weighted by atomic mass is 32.1. The molecule has 2 aromatic rings. The summed E-state index contributed by atoms with van der Waals surface area (Å²) >= 11 is 1.40. The van der Waals surface area contributed by atoms with Gasteiger partial charge in [0, 0.05) is 18.7 Å². The molecule has 32 heavy (non-hydrogen) atoms. The molecular weight excluding hydrogens is 418 g/mol. The number of benzene rings is 1. The first kappa shape index (κ1) is 24.6. The van der Waals surface area contributed by atoms with Gasteiger partial charge in [-0.2, -0.15) is 0 Å². The summed E-state index contributed by atoms with van der Waals surface area (Å²) in [6.45, 7) is 17.2. The van der Waals surface area contributed by atoms with Crippen molar-refractivity contribution < 1.29 is 4.79 Å². The molecule has 0 saturated carbocycles. The molecule has 6 nitrogen and oxygen atoms in total.